The Hall–Kier alpha value is -0.980. The molecule has 0 bridgehead atoms. The van der Waals surface area contributed by atoms with Crippen molar-refractivity contribution in [3.63, 3.8) is 0 Å². The van der Waals surface area contributed by atoms with Crippen LogP contribution in [0.2, 0.25) is 0 Å². The molecular formula is C15H21FN2O2S. The van der Waals surface area contributed by atoms with Gasteiger partial charge in [0.1, 0.15) is 5.82 Å². The largest absolute Gasteiger partial charge is 0.310 e. The van der Waals surface area contributed by atoms with Crippen molar-refractivity contribution in [3.05, 3.63) is 29.6 Å². The smallest absolute Gasteiger partial charge is 0.243 e. The SMILES string of the molecule is O=S(=O)(c1cc(F)ccc1CNC1CC1)N1CCCCC1. The maximum atomic E-state index is 13.6. The van der Waals surface area contributed by atoms with Crippen molar-refractivity contribution in [2.75, 3.05) is 13.1 Å². The lowest BCUT2D eigenvalue weighted by Crippen LogP contribution is -2.36. The number of rotatable bonds is 5. The number of hydrogen-bond donors (Lipinski definition) is 1. The molecule has 1 aliphatic heterocycles. The van der Waals surface area contributed by atoms with Gasteiger partial charge in [0, 0.05) is 25.7 Å². The Morgan fingerprint density at radius 3 is 2.57 bits per heavy atom. The summed E-state index contributed by atoms with van der Waals surface area (Å²) < 4.78 is 40.5. The standard InChI is InChI=1S/C15H21FN2O2S/c16-13-5-4-12(11-17-14-6-7-14)15(10-13)21(19,20)18-8-2-1-3-9-18/h4-5,10,14,17H,1-3,6-9,11H2. The van der Waals surface area contributed by atoms with Gasteiger partial charge in [-0.25, -0.2) is 12.8 Å². The molecular weight excluding hydrogens is 291 g/mol. The molecule has 1 saturated heterocycles. The van der Waals surface area contributed by atoms with E-state index in [1.807, 2.05) is 0 Å². The van der Waals surface area contributed by atoms with E-state index < -0.39 is 15.8 Å². The van der Waals surface area contributed by atoms with Gasteiger partial charge in [0.2, 0.25) is 10.0 Å². The molecule has 2 fully saturated rings. The topological polar surface area (TPSA) is 49.4 Å². The van der Waals surface area contributed by atoms with Crippen LogP contribution in [0, 0.1) is 5.82 Å². The zero-order valence-electron chi connectivity index (χ0n) is 12.0. The molecule has 116 valence electrons. The number of halogens is 1. The highest BCUT2D eigenvalue weighted by Gasteiger charge is 2.29. The van der Waals surface area contributed by atoms with Gasteiger partial charge in [-0.15, -0.1) is 0 Å². The van der Waals surface area contributed by atoms with E-state index >= 15 is 0 Å². The van der Waals surface area contributed by atoms with E-state index in [2.05, 4.69) is 5.32 Å². The summed E-state index contributed by atoms with van der Waals surface area (Å²) in [6.07, 6.45) is 5.09. The molecule has 1 aliphatic carbocycles. The fraction of sp³-hybridized carbons (Fsp3) is 0.600. The maximum Gasteiger partial charge on any atom is 0.243 e. The quantitative estimate of drug-likeness (QED) is 0.907. The number of nitrogens with zero attached hydrogens (tertiary/aromatic N) is 1. The fourth-order valence-corrected chi connectivity index (χ4v) is 4.45. The van der Waals surface area contributed by atoms with E-state index in [-0.39, 0.29) is 4.90 Å². The Bertz CT molecular complexity index is 608. The van der Waals surface area contributed by atoms with Crippen LogP contribution in [0.1, 0.15) is 37.7 Å². The highest BCUT2D eigenvalue weighted by atomic mass is 32.2. The van der Waals surface area contributed by atoms with Gasteiger partial charge >= 0.3 is 0 Å². The van der Waals surface area contributed by atoms with Crippen molar-refractivity contribution < 1.29 is 12.8 Å². The Morgan fingerprint density at radius 2 is 1.90 bits per heavy atom. The molecule has 6 heteroatoms. The molecule has 21 heavy (non-hydrogen) atoms. The number of piperidine rings is 1. The van der Waals surface area contributed by atoms with Gasteiger partial charge in [0.05, 0.1) is 4.90 Å². The summed E-state index contributed by atoms with van der Waals surface area (Å²) in [5, 5.41) is 3.30. The van der Waals surface area contributed by atoms with Crippen molar-refractivity contribution >= 4 is 10.0 Å². The highest BCUT2D eigenvalue weighted by molar-refractivity contribution is 7.89. The molecule has 1 N–H and O–H groups in total. The van der Waals surface area contributed by atoms with E-state index in [4.69, 9.17) is 0 Å². The van der Waals surface area contributed by atoms with Crippen molar-refractivity contribution in [1.29, 1.82) is 0 Å². The van der Waals surface area contributed by atoms with Crippen LogP contribution >= 0.6 is 0 Å². The van der Waals surface area contributed by atoms with Gasteiger partial charge in [-0.3, -0.25) is 0 Å². The fourth-order valence-electron chi connectivity index (χ4n) is 2.70. The van der Waals surface area contributed by atoms with Crippen molar-refractivity contribution in [3.8, 4) is 0 Å². The number of sulfonamides is 1. The summed E-state index contributed by atoms with van der Waals surface area (Å²) in [7, 11) is -3.59. The van der Waals surface area contributed by atoms with E-state index in [0.29, 0.717) is 31.2 Å². The second kappa shape index (κ2) is 6.02. The van der Waals surface area contributed by atoms with Crippen LogP contribution in [0.25, 0.3) is 0 Å². The van der Waals surface area contributed by atoms with Crippen LogP contribution in [0.15, 0.2) is 23.1 Å². The predicted molar refractivity (Wildman–Crippen MR) is 78.9 cm³/mol. The zero-order valence-corrected chi connectivity index (χ0v) is 12.8. The molecule has 0 unspecified atom stereocenters. The average Bonchev–Trinajstić information content (AvgIpc) is 3.31. The first-order valence-electron chi connectivity index (χ1n) is 7.59. The minimum Gasteiger partial charge on any atom is -0.310 e. The first-order valence-corrected chi connectivity index (χ1v) is 9.03. The van der Waals surface area contributed by atoms with Crippen LogP contribution in [0.3, 0.4) is 0 Å². The van der Waals surface area contributed by atoms with E-state index in [0.717, 1.165) is 38.2 Å². The van der Waals surface area contributed by atoms with E-state index in [9.17, 15) is 12.8 Å². The van der Waals surface area contributed by atoms with E-state index in [1.165, 1.54) is 10.4 Å². The zero-order chi connectivity index (χ0) is 14.9. The maximum absolute atomic E-state index is 13.6. The second-order valence-corrected chi connectivity index (χ2v) is 7.78. The van der Waals surface area contributed by atoms with Crippen molar-refractivity contribution in [1.82, 2.24) is 9.62 Å². The van der Waals surface area contributed by atoms with Gasteiger partial charge in [-0.05, 0) is 43.4 Å². The van der Waals surface area contributed by atoms with Crippen LogP contribution < -0.4 is 5.32 Å². The molecule has 4 nitrogen and oxygen atoms in total. The Balaban J connectivity index is 1.88. The molecule has 1 aromatic rings. The summed E-state index contributed by atoms with van der Waals surface area (Å²) in [6.45, 7) is 1.55. The van der Waals surface area contributed by atoms with Gasteiger partial charge in [0.25, 0.3) is 0 Å². The molecule has 0 atom stereocenters. The number of benzene rings is 1. The predicted octanol–water partition coefficient (Wildman–Crippen LogP) is 2.25. The van der Waals surface area contributed by atoms with Gasteiger partial charge in [0.15, 0.2) is 0 Å². The normalized spacial score (nSPS) is 20.6. The minimum atomic E-state index is -3.59. The van der Waals surface area contributed by atoms with Crippen molar-refractivity contribution in [2.24, 2.45) is 0 Å². The molecule has 0 aromatic heterocycles. The molecule has 0 radical (unpaired) electrons. The summed E-state index contributed by atoms with van der Waals surface area (Å²) in [5.74, 6) is -0.499. The summed E-state index contributed by atoms with van der Waals surface area (Å²) >= 11 is 0. The van der Waals surface area contributed by atoms with Crippen LogP contribution in [-0.4, -0.2) is 31.9 Å². The third-order valence-corrected chi connectivity index (χ3v) is 6.10. The van der Waals surface area contributed by atoms with Gasteiger partial charge in [-0.1, -0.05) is 12.5 Å². The molecule has 0 amide bonds. The van der Waals surface area contributed by atoms with Gasteiger partial charge < -0.3 is 5.32 Å². The molecule has 3 rings (SSSR count). The molecule has 1 aromatic carbocycles. The Labute approximate surface area is 125 Å². The number of nitrogens with one attached hydrogen (secondary N) is 1. The van der Waals surface area contributed by atoms with Crippen LogP contribution in [0.5, 0.6) is 0 Å². The number of hydrogen-bond acceptors (Lipinski definition) is 3. The lowest BCUT2D eigenvalue weighted by atomic mass is 10.2. The molecule has 1 saturated carbocycles. The average molecular weight is 312 g/mol. The third kappa shape index (κ3) is 3.44. The summed E-state index contributed by atoms with van der Waals surface area (Å²) in [6, 6.07) is 4.56. The highest BCUT2D eigenvalue weighted by Crippen LogP contribution is 2.26. The Morgan fingerprint density at radius 1 is 1.19 bits per heavy atom. The van der Waals surface area contributed by atoms with Crippen LogP contribution in [0.4, 0.5) is 4.39 Å². The van der Waals surface area contributed by atoms with Gasteiger partial charge in [-0.2, -0.15) is 4.31 Å². The van der Waals surface area contributed by atoms with E-state index in [1.54, 1.807) is 6.07 Å². The summed E-state index contributed by atoms with van der Waals surface area (Å²) in [4.78, 5) is 0.123. The monoisotopic (exact) mass is 312 g/mol. The lowest BCUT2D eigenvalue weighted by Gasteiger charge is -2.27. The summed E-state index contributed by atoms with van der Waals surface area (Å²) in [5.41, 5.74) is 0.661. The van der Waals surface area contributed by atoms with Crippen molar-refractivity contribution in [2.45, 2.75) is 49.6 Å². The molecule has 2 aliphatic rings. The Kier molecular flexibility index (Phi) is 4.28. The first kappa shape index (κ1) is 14.9. The molecule has 0 spiro atoms. The second-order valence-electron chi connectivity index (χ2n) is 5.87. The minimum absolute atomic E-state index is 0.123. The lowest BCUT2D eigenvalue weighted by molar-refractivity contribution is 0.346. The van der Waals surface area contributed by atoms with Crippen LogP contribution in [-0.2, 0) is 16.6 Å². The third-order valence-electron chi connectivity index (χ3n) is 4.12. The molecule has 1 heterocycles. The first-order chi connectivity index (χ1) is 10.1.